The van der Waals surface area contributed by atoms with E-state index in [1.807, 2.05) is 38.1 Å². The average molecular weight is 398 g/mol. The molecule has 1 aromatic carbocycles. The standard InChI is InChI=1S/C20H22N4O3S/c1-3-9-23(11-17(25)22-16-7-5-4-6-14(16)2)18(26)12-24-13-21-19-15(20(24)27)8-10-28-19/h4-8,10,13H,3,9,11-12H2,1-2H3,(H,22,25). The van der Waals surface area contributed by atoms with Crippen LogP contribution in [-0.2, 0) is 16.1 Å². The SMILES string of the molecule is CCCN(CC(=O)Nc1ccccc1C)C(=O)Cn1cnc2sccc2c1=O. The van der Waals surface area contributed by atoms with Crippen LogP contribution in [0.2, 0.25) is 0 Å². The molecule has 0 aliphatic carbocycles. The second-order valence-electron chi connectivity index (χ2n) is 6.50. The van der Waals surface area contributed by atoms with E-state index >= 15 is 0 Å². The van der Waals surface area contributed by atoms with Crippen LogP contribution in [-0.4, -0.2) is 39.4 Å². The zero-order valence-electron chi connectivity index (χ0n) is 15.8. The summed E-state index contributed by atoms with van der Waals surface area (Å²) in [4.78, 5) is 44.0. The number of amides is 2. The number of fused-ring (bicyclic) bond motifs is 1. The molecule has 28 heavy (non-hydrogen) atoms. The number of hydrogen-bond donors (Lipinski definition) is 1. The van der Waals surface area contributed by atoms with Gasteiger partial charge in [-0.05, 0) is 36.4 Å². The van der Waals surface area contributed by atoms with Gasteiger partial charge < -0.3 is 10.2 Å². The Kier molecular flexibility index (Phi) is 6.20. The van der Waals surface area contributed by atoms with E-state index in [4.69, 9.17) is 0 Å². The van der Waals surface area contributed by atoms with Gasteiger partial charge in [0.25, 0.3) is 5.56 Å². The molecule has 0 aliphatic rings. The predicted octanol–water partition coefficient (Wildman–Crippen LogP) is 2.64. The highest BCUT2D eigenvalue weighted by atomic mass is 32.1. The summed E-state index contributed by atoms with van der Waals surface area (Å²) in [6.07, 6.45) is 2.09. The molecule has 0 atom stereocenters. The summed E-state index contributed by atoms with van der Waals surface area (Å²) in [6.45, 7) is 4.07. The smallest absolute Gasteiger partial charge is 0.262 e. The molecule has 3 aromatic rings. The first-order chi connectivity index (χ1) is 13.5. The number of nitrogens with one attached hydrogen (secondary N) is 1. The van der Waals surface area contributed by atoms with Crippen LogP contribution >= 0.6 is 11.3 Å². The minimum Gasteiger partial charge on any atom is -0.332 e. The molecule has 7 nitrogen and oxygen atoms in total. The highest BCUT2D eigenvalue weighted by molar-refractivity contribution is 7.16. The Labute approximate surface area is 166 Å². The van der Waals surface area contributed by atoms with Crippen molar-refractivity contribution >= 4 is 39.1 Å². The Morgan fingerprint density at radius 3 is 2.79 bits per heavy atom. The van der Waals surface area contributed by atoms with E-state index in [0.717, 1.165) is 11.3 Å². The predicted molar refractivity (Wildman–Crippen MR) is 111 cm³/mol. The molecule has 0 fully saturated rings. The van der Waals surface area contributed by atoms with Crippen LogP contribution in [0.15, 0.2) is 46.8 Å². The number of anilines is 1. The van der Waals surface area contributed by atoms with E-state index in [-0.39, 0.29) is 30.5 Å². The van der Waals surface area contributed by atoms with Crippen molar-refractivity contribution < 1.29 is 9.59 Å². The van der Waals surface area contributed by atoms with Crippen LogP contribution < -0.4 is 10.9 Å². The van der Waals surface area contributed by atoms with Crippen molar-refractivity contribution in [3.05, 3.63) is 58.0 Å². The van der Waals surface area contributed by atoms with Crippen molar-refractivity contribution in [2.24, 2.45) is 0 Å². The van der Waals surface area contributed by atoms with E-state index in [1.54, 1.807) is 11.4 Å². The summed E-state index contributed by atoms with van der Waals surface area (Å²) < 4.78 is 1.29. The fourth-order valence-electron chi connectivity index (χ4n) is 2.89. The summed E-state index contributed by atoms with van der Waals surface area (Å²) in [5.41, 5.74) is 1.42. The van der Waals surface area contributed by atoms with Gasteiger partial charge in [-0.25, -0.2) is 4.98 Å². The Morgan fingerprint density at radius 2 is 2.04 bits per heavy atom. The van der Waals surface area contributed by atoms with E-state index in [9.17, 15) is 14.4 Å². The molecule has 0 aliphatic heterocycles. The molecular formula is C20H22N4O3S. The number of aromatic nitrogens is 2. The van der Waals surface area contributed by atoms with Gasteiger partial charge in [-0.1, -0.05) is 25.1 Å². The van der Waals surface area contributed by atoms with Gasteiger partial charge in [-0.15, -0.1) is 11.3 Å². The summed E-state index contributed by atoms with van der Waals surface area (Å²) >= 11 is 1.38. The normalized spacial score (nSPS) is 10.8. The topological polar surface area (TPSA) is 84.3 Å². The summed E-state index contributed by atoms with van der Waals surface area (Å²) in [6, 6.07) is 9.17. The monoisotopic (exact) mass is 398 g/mol. The first kappa shape index (κ1) is 19.8. The number of nitrogens with zero attached hydrogens (tertiary/aromatic N) is 3. The molecule has 0 spiro atoms. The van der Waals surface area contributed by atoms with Gasteiger partial charge in [0.15, 0.2) is 0 Å². The number of carbonyl (C=O) groups excluding carboxylic acids is 2. The molecule has 3 rings (SSSR count). The van der Waals surface area contributed by atoms with Gasteiger partial charge in [0.05, 0.1) is 18.3 Å². The summed E-state index contributed by atoms with van der Waals surface area (Å²) in [7, 11) is 0. The molecule has 146 valence electrons. The molecule has 0 radical (unpaired) electrons. The first-order valence-electron chi connectivity index (χ1n) is 9.05. The van der Waals surface area contributed by atoms with Crippen molar-refractivity contribution in [2.45, 2.75) is 26.8 Å². The maximum atomic E-state index is 12.7. The lowest BCUT2D eigenvalue weighted by molar-refractivity contribution is -0.135. The van der Waals surface area contributed by atoms with Crippen LogP contribution in [0, 0.1) is 6.92 Å². The van der Waals surface area contributed by atoms with Crippen molar-refractivity contribution in [1.29, 1.82) is 0 Å². The highest BCUT2D eigenvalue weighted by Gasteiger charge is 2.18. The zero-order chi connectivity index (χ0) is 20.1. The molecule has 0 unspecified atom stereocenters. The van der Waals surface area contributed by atoms with Crippen molar-refractivity contribution in [3.63, 3.8) is 0 Å². The fraction of sp³-hybridized carbons (Fsp3) is 0.300. The summed E-state index contributed by atoms with van der Waals surface area (Å²) in [5, 5.41) is 5.13. The quantitative estimate of drug-likeness (QED) is 0.663. The lowest BCUT2D eigenvalue weighted by Crippen LogP contribution is -2.41. The van der Waals surface area contributed by atoms with E-state index < -0.39 is 0 Å². The zero-order valence-corrected chi connectivity index (χ0v) is 16.7. The third-order valence-electron chi connectivity index (χ3n) is 4.36. The highest BCUT2D eigenvalue weighted by Crippen LogP contribution is 2.14. The lowest BCUT2D eigenvalue weighted by atomic mass is 10.2. The number of aryl methyl sites for hydroxylation is 1. The van der Waals surface area contributed by atoms with Crippen LogP contribution in [0.4, 0.5) is 5.69 Å². The van der Waals surface area contributed by atoms with E-state index in [1.165, 1.54) is 27.1 Å². The Hall–Kier alpha value is -3.00. The minimum absolute atomic E-state index is 0.0656. The maximum Gasteiger partial charge on any atom is 0.262 e. The number of rotatable bonds is 7. The van der Waals surface area contributed by atoms with Crippen LogP contribution in [0.25, 0.3) is 10.2 Å². The first-order valence-corrected chi connectivity index (χ1v) is 9.93. The Balaban J connectivity index is 1.70. The van der Waals surface area contributed by atoms with Gasteiger partial charge >= 0.3 is 0 Å². The largest absolute Gasteiger partial charge is 0.332 e. The summed E-state index contributed by atoms with van der Waals surface area (Å²) in [5.74, 6) is -0.560. The van der Waals surface area contributed by atoms with Crippen molar-refractivity contribution in [1.82, 2.24) is 14.5 Å². The van der Waals surface area contributed by atoms with Gasteiger partial charge in [0.2, 0.25) is 11.8 Å². The Morgan fingerprint density at radius 1 is 1.25 bits per heavy atom. The fourth-order valence-corrected chi connectivity index (χ4v) is 3.61. The van der Waals surface area contributed by atoms with Gasteiger partial charge in [0, 0.05) is 12.2 Å². The second-order valence-corrected chi connectivity index (χ2v) is 7.39. The number of thiophene rings is 1. The molecule has 2 heterocycles. The minimum atomic E-state index is -0.291. The van der Waals surface area contributed by atoms with E-state index in [2.05, 4.69) is 10.3 Å². The molecule has 2 aromatic heterocycles. The second kappa shape index (κ2) is 8.79. The van der Waals surface area contributed by atoms with Crippen molar-refractivity contribution in [2.75, 3.05) is 18.4 Å². The van der Waals surface area contributed by atoms with Crippen LogP contribution in [0.1, 0.15) is 18.9 Å². The molecular weight excluding hydrogens is 376 g/mol. The number of benzene rings is 1. The van der Waals surface area contributed by atoms with Gasteiger partial charge in [-0.3, -0.25) is 19.0 Å². The number of hydrogen-bond acceptors (Lipinski definition) is 5. The average Bonchev–Trinajstić information content (AvgIpc) is 3.15. The number of carbonyl (C=O) groups is 2. The Bertz CT molecular complexity index is 1060. The third-order valence-corrected chi connectivity index (χ3v) is 5.18. The molecule has 1 N–H and O–H groups in total. The number of para-hydroxylation sites is 1. The van der Waals surface area contributed by atoms with Gasteiger partial charge in [0.1, 0.15) is 11.4 Å². The van der Waals surface area contributed by atoms with Crippen LogP contribution in [0.5, 0.6) is 0 Å². The third kappa shape index (κ3) is 4.45. The maximum absolute atomic E-state index is 12.7. The van der Waals surface area contributed by atoms with Crippen molar-refractivity contribution in [3.8, 4) is 0 Å². The lowest BCUT2D eigenvalue weighted by Gasteiger charge is -2.22. The van der Waals surface area contributed by atoms with Crippen LogP contribution in [0.3, 0.4) is 0 Å². The molecule has 0 saturated carbocycles. The molecule has 2 amide bonds. The molecule has 8 heteroatoms. The molecule has 0 bridgehead atoms. The van der Waals surface area contributed by atoms with Gasteiger partial charge in [-0.2, -0.15) is 0 Å². The van der Waals surface area contributed by atoms with E-state index in [0.29, 0.717) is 23.2 Å². The molecule has 0 saturated heterocycles.